The topological polar surface area (TPSA) is 63.8 Å². The van der Waals surface area contributed by atoms with E-state index in [1.807, 2.05) is 0 Å². The summed E-state index contributed by atoms with van der Waals surface area (Å²) in [6, 6.07) is 1.98. The second-order valence-electron chi connectivity index (χ2n) is 3.78. The van der Waals surface area contributed by atoms with Gasteiger partial charge in [-0.15, -0.1) is 0 Å². The Morgan fingerprint density at radius 3 is 2.81 bits per heavy atom. The third kappa shape index (κ3) is 1.61. The van der Waals surface area contributed by atoms with Crippen molar-refractivity contribution in [2.24, 2.45) is 5.73 Å². The molecule has 0 aliphatic heterocycles. The predicted molar refractivity (Wildman–Crippen MR) is 56.1 cm³/mol. The van der Waals surface area contributed by atoms with Crippen LogP contribution in [-0.2, 0) is 6.54 Å². The maximum absolute atomic E-state index is 13.5. The van der Waals surface area contributed by atoms with E-state index in [4.69, 9.17) is 5.73 Å². The Hall–Kier alpha value is -1.69. The van der Waals surface area contributed by atoms with Gasteiger partial charge in [0.15, 0.2) is 11.6 Å². The number of imidazole rings is 1. The lowest BCUT2D eigenvalue weighted by atomic mass is 10.2. The Balaban J connectivity index is 2.76. The molecule has 2 aromatic rings. The maximum Gasteiger partial charge on any atom is 0.326 e. The van der Waals surface area contributed by atoms with Gasteiger partial charge in [-0.05, 0) is 19.1 Å². The Morgan fingerprint density at radius 2 is 2.19 bits per heavy atom. The molecule has 1 atom stereocenters. The lowest BCUT2D eigenvalue weighted by Gasteiger charge is -2.06. The van der Waals surface area contributed by atoms with Crippen LogP contribution in [0, 0.1) is 11.6 Å². The summed E-state index contributed by atoms with van der Waals surface area (Å²) in [7, 11) is 0. The SMILES string of the molecule is CC(N)Cn1c(=O)[nH]c2ccc(F)c(F)c21. The van der Waals surface area contributed by atoms with Crippen molar-refractivity contribution in [3.63, 3.8) is 0 Å². The van der Waals surface area contributed by atoms with Gasteiger partial charge in [0, 0.05) is 12.6 Å². The number of aromatic amines is 1. The van der Waals surface area contributed by atoms with Crippen LogP contribution in [0.2, 0.25) is 0 Å². The molecule has 0 aliphatic rings. The predicted octanol–water partition coefficient (Wildman–Crippen LogP) is 0.955. The van der Waals surface area contributed by atoms with Crippen LogP contribution in [0.5, 0.6) is 0 Å². The molecular formula is C10H11F2N3O. The van der Waals surface area contributed by atoms with Crippen LogP contribution in [-0.4, -0.2) is 15.6 Å². The third-order valence-electron chi connectivity index (χ3n) is 2.30. The molecule has 0 saturated carbocycles. The average molecular weight is 227 g/mol. The highest BCUT2D eigenvalue weighted by Gasteiger charge is 2.15. The van der Waals surface area contributed by atoms with Crippen LogP contribution in [0.3, 0.4) is 0 Å². The van der Waals surface area contributed by atoms with E-state index in [0.717, 1.165) is 10.6 Å². The quantitative estimate of drug-likeness (QED) is 0.802. The average Bonchev–Trinajstić information content (AvgIpc) is 2.50. The van der Waals surface area contributed by atoms with Gasteiger partial charge in [-0.2, -0.15) is 0 Å². The van der Waals surface area contributed by atoms with Crippen LogP contribution >= 0.6 is 0 Å². The van der Waals surface area contributed by atoms with Gasteiger partial charge < -0.3 is 10.7 Å². The summed E-state index contributed by atoms with van der Waals surface area (Å²) in [5, 5.41) is 0. The van der Waals surface area contributed by atoms with Gasteiger partial charge in [0.25, 0.3) is 0 Å². The first-order chi connectivity index (χ1) is 7.50. The zero-order valence-corrected chi connectivity index (χ0v) is 8.63. The fraction of sp³-hybridized carbons (Fsp3) is 0.300. The Bertz CT molecular complexity index is 585. The monoisotopic (exact) mass is 227 g/mol. The molecule has 2 rings (SSSR count). The van der Waals surface area contributed by atoms with Crippen LogP contribution in [0.25, 0.3) is 11.0 Å². The fourth-order valence-corrected chi connectivity index (χ4v) is 1.65. The van der Waals surface area contributed by atoms with Gasteiger partial charge in [0.1, 0.15) is 5.52 Å². The number of nitrogens with one attached hydrogen (secondary N) is 1. The minimum Gasteiger partial charge on any atom is -0.326 e. The number of aromatic nitrogens is 2. The molecule has 0 fully saturated rings. The number of rotatable bonds is 2. The van der Waals surface area contributed by atoms with Crippen LogP contribution in [0.4, 0.5) is 8.78 Å². The van der Waals surface area contributed by atoms with Crippen LogP contribution < -0.4 is 11.4 Å². The van der Waals surface area contributed by atoms with Crippen molar-refractivity contribution < 1.29 is 8.78 Å². The summed E-state index contributed by atoms with van der Waals surface area (Å²) in [6.07, 6.45) is 0. The van der Waals surface area contributed by atoms with E-state index in [2.05, 4.69) is 4.98 Å². The number of nitrogens with two attached hydrogens (primary N) is 1. The van der Waals surface area contributed by atoms with Crippen molar-refractivity contribution >= 4 is 11.0 Å². The van der Waals surface area contributed by atoms with E-state index in [1.165, 1.54) is 6.07 Å². The largest absolute Gasteiger partial charge is 0.326 e. The second-order valence-corrected chi connectivity index (χ2v) is 3.78. The van der Waals surface area contributed by atoms with Crippen LogP contribution in [0.15, 0.2) is 16.9 Å². The van der Waals surface area contributed by atoms with Crippen LogP contribution in [0.1, 0.15) is 6.92 Å². The lowest BCUT2D eigenvalue weighted by Crippen LogP contribution is -2.28. The number of halogens is 2. The first-order valence-corrected chi connectivity index (χ1v) is 4.83. The number of hydrogen-bond donors (Lipinski definition) is 2. The highest BCUT2D eigenvalue weighted by molar-refractivity contribution is 5.76. The summed E-state index contributed by atoms with van der Waals surface area (Å²) in [5.41, 5.74) is 5.25. The van der Waals surface area contributed by atoms with Gasteiger partial charge >= 0.3 is 5.69 Å². The molecule has 1 unspecified atom stereocenters. The lowest BCUT2D eigenvalue weighted by molar-refractivity contribution is 0.506. The van der Waals surface area contributed by atoms with Gasteiger partial charge in [-0.3, -0.25) is 4.57 Å². The molecule has 0 radical (unpaired) electrons. The van der Waals surface area contributed by atoms with Crippen molar-refractivity contribution in [2.75, 3.05) is 0 Å². The summed E-state index contributed by atoms with van der Waals surface area (Å²) in [5.74, 6) is -2.01. The molecule has 1 aromatic carbocycles. The van der Waals surface area contributed by atoms with Crippen molar-refractivity contribution in [3.8, 4) is 0 Å². The Morgan fingerprint density at radius 1 is 1.50 bits per heavy atom. The number of nitrogens with zero attached hydrogens (tertiary/aromatic N) is 1. The smallest absolute Gasteiger partial charge is 0.326 e. The first kappa shape index (κ1) is 10.8. The standard InChI is InChI=1S/C10H11F2N3O/c1-5(13)4-15-9-7(14-10(15)16)3-2-6(11)8(9)12/h2-3,5H,4,13H2,1H3,(H,14,16). The normalized spacial score (nSPS) is 13.2. The van der Waals surface area contributed by atoms with Crippen molar-refractivity contribution in [1.82, 2.24) is 9.55 Å². The van der Waals surface area contributed by atoms with E-state index in [9.17, 15) is 13.6 Å². The van der Waals surface area contributed by atoms with E-state index < -0.39 is 17.3 Å². The molecule has 4 nitrogen and oxygen atoms in total. The summed E-state index contributed by atoms with van der Waals surface area (Å²) >= 11 is 0. The van der Waals surface area contributed by atoms with Gasteiger partial charge in [-0.1, -0.05) is 0 Å². The van der Waals surface area contributed by atoms with E-state index in [-0.39, 0.29) is 23.6 Å². The number of hydrogen-bond acceptors (Lipinski definition) is 2. The minimum absolute atomic E-state index is 0.0673. The molecule has 0 spiro atoms. The van der Waals surface area contributed by atoms with Gasteiger partial charge in [0.05, 0.1) is 5.52 Å². The molecular weight excluding hydrogens is 216 g/mol. The highest BCUT2D eigenvalue weighted by Crippen LogP contribution is 2.17. The third-order valence-corrected chi connectivity index (χ3v) is 2.30. The van der Waals surface area contributed by atoms with E-state index in [1.54, 1.807) is 6.92 Å². The van der Waals surface area contributed by atoms with Gasteiger partial charge in [0.2, 0.25) is 0 Å². The molecule has 0 aliphatic carbocycles. The summed E-state index contributed by atoms with van der Waals surface area (Å²) in [4.78, 5) is 13.9. The first-order valence-electron chi connectivity index (χ1n) is 4.83. The molecule has 0 bridgehead atoms. The fourth-order valence-electron chi connectivity index (χ4n) is 1.65. The summed E-state index contributed by atoms with van der Waals surface area (Å²) < 4.78 is 27.7. The second kappa shape index (κ2) is 3.71. The molecule has 1 aromatic heterocycles. The summed E-state index contributed by atoms with van der Waals surface area (Å²) in [6.45, 7) is 1.82. The van der Waals surface area contributed by atoms with Crippen molar-refractivity contribution in [2.45, 2.75) is 19.5 Å². The highest BCUT2D eigenvalue weighted by atomic mass is 19.2. The zero-order valence-electron chi connectivity index (χ0n) is 8.63. The molecule has 86 valence electrons. The minimum atomic E-state index is -1.03. The Labute approximate surface area is 89.7 Å². The maximum atomic E-state index is 13.5. The molecule has 3 N–H and O–H groups in total. The number of H-pyrrole nitrogens is 1. The van der Waals surface area contributed by atoms with E-state index in [0.29, 0.717) is 0 Å². The molecule has 16 heavy (non-hydrogen) atoms. The number of benzene rings is 1. The molecule has 0 amide bonds. The van der Waals surface area contributed by atoms with Crippen molar-refractivity contribution in [1.29, 1.82) is 0 Å². The zero-order chi connectivity index (χ0) is 11.9. The van der Waals surface area contributed by atoms with Crippen molar-refractivity contribution in [3.05, 3.63) is 34.3 Å². The molecule has 1 heterocycles. The molecule has 6 heteroatoms. The molecule has 0 saturated heterocycles. The van der Waals surface area contributed by atoms with E-state index >= 15 is 0 Å². The number of fused-ring (bicyclic) bond motifs is 1. The Kier molecular flexibility index (Phi) is 2.51. The van der Waals surface area contributed by atoms with Gasteiger partial charge in [-0.25, -0.2) is 13.6 Å².